The number of pyridine rings is 1. The topological polar surface area (TPSA) is 37.2 Å². The van der Waals surface area contributed by atoms with Crippen LogP contribution >= 0.6 is 0 Å². The highest BCUT2D eigenvalue weighted by Gasteiger charge is 2.21. The molecule has 4 rings (SSSR count). The van der Waals surface area contributed by atoms with Crippen LogP contribution in [0.5, 0.6) is 0 Å². The van der Waals surface area contributed by atoms with E-state index in [4.69, 9.17) is 5.10 Å². The number of benzene rings is 1. The lowest BCUT2D eigenvalue weighted by Gasteiger charge is -2.34. The molecule has 0 aliphatic carbocycles. The van der Waals surface area contributed by atoms with Crippen molar-refractivity contribution in [3.05, 3.63) is 61.1 Å². The first-order valence-corrected chi connectivity index (χ1v) is 8.30. The van der Waals surface area contributed by atoms with Crippen LogP contribution in [0.4, 0.5) is 0 Å². The molecular formula is C19H21N5. The molecule has 5 nitrogen and oxygen atoms in total. The van der Waals surface area contributed by atoms with Crippen LogP contribution in [-0.4, -0.2) is 53.0 Å². The lowest BCUT2D eigenvalue weighted by Crippen LogP contribution is -2.50. The molecule has 0 unspecified atom stereocenters. The van der Waals surface area contributed by atoms with Crippen LogP contribution in [0, 0.1) is 0 Å². The van der Waals surface area contributed by atoms with E-state index in [9.17, 15) is 0 Å². The van der Waals surface area contributed by atoms with E-state index in [2.05, 4.69) is 51.0 Å². The van der Waals surface area contributed by atoms with E-state index < -0.39 is 0 Å². The van der Waals surface area contributed by atoms with E-state index >= 15 is 0 Å². The lowest BCUT2D eigenvalue weighted by molar-refractivity contribution is 0.281. The minimum atomic E-state index is 0.980. The summed E-state index contributed by atoms with van der Waals surface area (Å²) >= 11 is 0. The van der Waals surface area contributed by atoms with Gasteiger partial charge in [-0.3, -0.25) is 9.99 Å². The minimum absolute atomic E-state index is 0.980. The first-order valence-electron chi connectivity index (χ1n) is 8.30. The van der Waals surface area contributed by atoms with Gasteiger partial charge in [0.15, 0.2) is 0 Å². The average molecular weight is 319 g/mol. The summed E-state index contributed by atoms with van der Waals surface area (Å²) in [6.07, 6.45) is 5.63. The Kier molecular flexibility index (Phi) is 4.01. The van der Waals surface area contributed by atoms with Gasteiger partial charge in [0.05, 0.1) is 11.9 Å². The molecule has 1 aromatic carbocycles. The number of rotatable bonds is 3. The van der Waals surface area contributed by atoms with Crippen LogP contribution in [0.15, 0.2) is 61.1 Å². The zero-order valence-corrected chi connectivity index (χ0v) is 13.8. The van der Waals surface area contributed by atoms with Crippen molar-refractivity contribution in [2.75, 3.05) is 38.2 Å². The summed E-state index contributed by atoms with van der Waals surface area (Å²) in [6.45, 7) is 4.07. The summed E-state index contributed by atoms with van der Waals surface area (Å²) < 4.78 is 0. The van der Waals surface area contributed by atoms with Gasteiger partial charge in [-0.1, -0.05) is 30.3 Å². The molecule has 5 heteroatoms. The Bertz CT molecular complexity index is 789. The molecule has 24 heavy (non-hydrogen) atoms. The van der Waals surface area contributed by atoms with Crippen LogP contribution in [0.1, 0.15) is 0 Å². The van der Waals surface area contributed by atoms with E-state index in [1.807, 2.05) is 36.8 Å². The Labute approximate surface area is 142 Å². The quantitative estimate of drug-likeness (QED) is 0.743. The fourth-order valence-corrected chi connectivity index (χ4v) is 3.15. The number of aromatic nitrogens is 3. The van der Waals surface area contributed by atoms with Crippen LogP contribution < -0.4 is 5.01 Å². The van der Waals surface area contributed by atoms with Crippen LogP contribution in [0.25, 0.3) is 22.4 Å². The third-order valence-corrected chi connectivity index (χ3v) is 4.54. The molecule has 0 radical (unpaired) electrons. The maximum atomic E-state index is 4.72. The van der Waals surface area contributed by atoms with Crippen molar-refractivity contribution in [1.82, 2.24) is 19.8 Å². The Morgan fingerprint density at radius 1 is 0.833 bits per heavy atom. The van der Waals surface area contributed by atoms with E-state index in [0.29, 0.717) is 0 Å². The molecule has 0 amide bonds. The highest BCUT2D eigenvalue weighted by atomic mass is 15.7. The molecular weight excluding hydrogens is 298 g/mol. The van der Waals surface area contributed by atoms with E-state index in [-0.39, 0.29) is 0 Å². The van der Waals surface area contributed by atoms with Gasteiger partial charge in [-0.2, -0.15) is 9.89 Å². The molecule has 1 aliphatic heterocycles. The van der Waals surface area contributed by atoms with Gasteiger partial charge in [0, 0.05) is 49.7 Å². The normalized spacial score (nSPS) is 15.6. The Morgan fingerprint density at radius 2 is 1.54 bits per heavy atom. The Morgan fingerprint density at radius 3 is 2.25 bits per heavy atom. The fraction of sp³-hybridized carbons (Fsp3) is 0.263. The molecule has 3 aromatic rings. The maximum Gasteiger partial charge on any atom is 0.0998 e. The molecule has 0 atom stereocenters. The number of hydrogen-bond acceptors (Lipinski definition) is 4. The third-order valence-electron chi connectivity index (χ3n) is 4.54. The molecule has 1 aliphatic rings. The van der Waals surface area contributed by atoms with Gasteiger partial charge in [0.2, 0.25) is 0 Å². The predicted molar refractivity (Wildman–Crippen MR) is 96.3 cm³/mol. The molecule has 1 saturated heterocycles. The van der Waals surface area contributed by atoms with E-state index in [1.54, 1.807) is 0 Å². The summed E-state index contributed by atoms with van der Waals surface area (Å²) in [5, 5.41) is 7.05. The van der Waals surface area contributed by atoms with Crippen molar-refractivity contribution in [2.24, 2.45) is 0 Å². The van der Waals surface area contributed by atoms with Crippen LogP contribution in [-0.2, 0) is 0 Å². The summed E-state index contributed by atoms with van der Waals surface area (Å²) in [5.41, 5.74) is 4.61. The van der Waals surface area contributed by atoms with Crippen molar-refractivity contribution in [3.63, 3.8) is 0 Å². The lowest BCUT2D eigenvalue weighted by atomic mass is 10.0. The highest BCUT2D eigenvalue weighted by Crippen LogP contribution is 2.32. The zero-order chi connectivity index (χ0) is 16.4. The van der Waals surface area contributed by atoms with Crippen LogP contribution in [0.3, 0.4) is 0 Å². The van der Waals surface area contributed by atoms with Crippen molar-refractivity contribution in [2.45, 2.75) is 0 Å². The van der Waals surface area contributed by atoms with Gasteiger partial charge in [-0.15, -0.1) is 0 Å². The average Bonchev–Trinajstić information content (AvgIpc) is 3.09. The molecule has 1 fully saturated rings. The molecule has 122 valence electrons. The molecule has 3 heterocycles. The SMILES string of the molecule is CN1CCN(n2ncc(-c3ccncc3)c2-c2ccccc2)CC1. The van der Waals surface area contributed by atoms with Crippen molar-refractivity contribution >= 4 is 0 Å². The maximum absolute atomic E-state index is 4.72. The first-order chi connectivity index (χ1) is 11.8. The number of likely N-dealkylation sites (N-methyl/N-ethyl adjacent to an activating group) is 1. The fourth-order valence-electron chi connectivity index (χ4n) is 3.15. The minimum Gasteiger partial charge on any atom is -0.303 e. The summed E-state index contributed by atoms with van der Waals surface area (Å²) in [4.78, 5) is 8.57. The van der Waals surface area contributed by atoms with Gasteiger partial charge in [-0.25, -0.2) is 0 Å². The second-order valence-electron chi connectivity index (χ2n) is 6.16. The van der Waals surface area contributed by atoms with E-state index in [1.165, 1.54) is 5.56 Å². The molecule has 0 N–H and O–H groups in total. The second-order valence-corrected chi connectivity index (χ2v) is 6.16. The zero-order valence-electron chi connectivity index (χ0n) is 13.8. The summed E-state index contributed by atoms with van der Waals surface area (Å²) in [6, 6.07) is 14.6. The van der Waals surface area contributed by atoms with Gasteiger partial charge in [0.25, 0.3) is 0 Å². The van der Waals surface area contributed by atoms with Crippen LogP contribution in [0.2, 0.25) is 0 Å². The van der Waals surface area contributed by atoms with E-state index in [0.717, 1.165) is 43.0 Å². The predicted octanol–water partition coefficient (Wildman–Crippen LogP) is 2.50. The Hall–Kier alpha value is -2.66. The third kappa shape index (κ3) is 2.78. The van der Waals surface area contributed by atoms with Crippen molar-refractivity contribution < 1.29 is 0 Å². The summed E-state index contributed by atoms with van der Waals surface area (Å²) in [7, 11) is 2.17. The molecule has 0 saturated carbocycles. The van der Waals surface area contributed by atoms with Gasteiger partial charge in [0.1, 0.15) is 0 Å². The standard InChI is InChI=1S/C19H21N5/c1-22-11-13-23(14-12-22)24-19(17-5-3-2-4-6-17)18(15-21-24)16-7-9-20-10-8-16/h2-10,15H,11-14H2,1H3. The number of piperazine rings is 1. The van der Waals surface area contributed by atoms with Gasteiger partial charge < -0.3 is 4.90 Å². The number of hydrogen-bond donors (Lipinski definition) is 0. The summed E-state index contributed by atoms with van der Waals surface area (Å²) in [5.74, 6) is 0. The van der Waals surface area contributed by atoms with Gasteiger partial charge >= 0.3 is 0 Å². The monoisotopic (exact) mass is 319 g/mol. The molecule has 0 spiro atoms. The molecule has 0 bridgehead atoms. The van der Waals surface area contributed by atoms with Crippen molar-refractivity contribution in [3.8, 4) is 22.4 Å². The Balaban J connectivity index is 1.81. The second kappa shape index (κ2) is 6.45. The van der Waals surface area contributed by atoms with Gasteiger partial charge in [-0.05, 0) is 24.7 Å². The first kappa shape index (κ1) is 14.9. The van der Waals surface area contributed by atoms with Crippen molar-refractivity contribution in [1.29, 1.82) is 0 Å². The highest BCUT2D eigenvalue weighted by molar-refractivity contribution is 5.80. The smallest absolute Gasteiger partial charge is 0.0998 e. The molecule has 2 aromatic heterocycles. The largest absolute Gasteiger partial charge is 0.303 e. The number of nitrogens with zero attached hydrogens (tertiary/aromatic N) is 5.